The lowest BCUT2D eigenvalue weighted by atomic mass is 9.89. The number of halogens is 2. The Morgan fingerprint density at radius 1 is 0.795 bits per heavy atom. The quantitative estimate of drug-likeness (QED) is 0.266. The van der Waals surface area contributed by atoms with Gasteiger partial charge in [-0.2, -0.15) is 0 Å². The second kappa shape index (κ2) is 12.8. The van der Waals surface area contributed by atoms with E-state index in [0.717, 1.165) is 32.9 Å². The van der Waals surface area contributed by atoms with E-state index in [9.17, 15) is 28.4 Å². The van der Waals surface area contributed by atoms with Gasteiger partial charge in [-0.3, -0.25) is 24.0 Å². The molecule has 1 aliphatic rings. The van der Waals surface area contributed by atoms with Gasteiger partial charge >= 0.3 is 23.9 Å². The highest BCUT2D eigenvalue weighted by Gasteiger charge is 2.52. The first-order chi connectivity index (χ1) is 18.4. The molecule has 0 spiro atoms. The lowest BCUT2D eigenvalue weighted by molar-refractivity contribution is -0.254. The average molecular weight is 565 g/mol. The van der Waals surface area contributed by atoms with Gasteiger partial charge in [0.25, 0.3) is 0 Å². The number of benzene rings is 2. The molecule has 0 aromatic heterocycles. The third-order valence-electron chi connectivity index (χ3n) is 5.66. The first-order valence-electron chi connectivity index (χ1n) is 11.8. The van der Waals surface area contributed by atoms with Crippen LogP contribution in [0.1, 0.15) is 55.3 Å². The molecule has 10 nitrogen and oxygen atoms in total. The molecular weight excluding hydrogens is 539 g/mol. The van der Waals surface area contributed by atoms with Gasteiger partial charge in [0, 0.05) is 38.8 Å². The fourth-order valence-electron chi connectivity index (χ4n) is 4.15. The third-order valence-corrected chi connectivity index (χ3v) is 5.99. The lowest BCUT2D eigenvalue weighted by Gasteiger charge is -2.44. The van der Waals surface area contributed by atoms with Crippen molar-refractivity contribution in [3.63, 3.8) is 0 Å². The van der Waals surface area contributed by atoms with Gasteiger partial charge in [-0.25, -0.2) is 4.39 Å². The summed E-state index contributed by atoms with van der Waals surface area (Å²) in [6.45, 7) is 4.12. The summed E-state index contributed by atoms with van der Waals surface area (Å²) in [5.74, 6) is -3.99. The van der Waals surface area contributed by atoms with E-state index in [2.05, 4.69) is 0 Å². The van der Waals surface area contributed by atoms with E-state index in [4.69, 9.17) is 35.3 Å². The zero-order chi connectivity index (χ0) is 28.9. The molecule has 0 saturated carbocycles. The summed E-state index contributed by atoms with van der Waals surface area (Å²) in [6.07, 6.45) is -6.40. The molecule has 1 fully saturated rings. The van der Waals surface area contributed by atoms with Gasteiger partial charge in [0.05, 0.1) is 5.02 Å². The first-order valence-corrected chi connectivity index (χ1v) is 12.1. The second-order valence-electron chi connectivity index (χ2n) is 8.70. The molecule has 2 aromatic carbocycles. The van der Waals surface area contributed by atoms with Crippen molar-refractivity contribution in [2.24, 2.45) is 0 Å². The maximum absolute atomic E-state index is 13.4. The van der Waals surface area contributed by atoms with E-state index in [0.29, 0.717) is 0 Å². The van der Waals surface area contributed by atoms with Crippen molar-refractivity contribution in [3.8, 4) is 0 Å². The molecular formula is C27H26ClFO10. The number of ketones is 1. The number of hydrogen-bond donors (Lipinski definition) is 0. The highest BCUT2D eigenvalue weighted by Crippen LogP contribution is 2.39. The second-order valence-corrected chi connectivity index (χ2v) is 9.10. The van der Waals surface area contributed by atoms with Crippen LogP contribution in [0.25, 0.3) is 0 Å². The van der Waals surface area contributed by atoms with Crippen molar-refractivity contribution in [2.75, 3.05) is 6.61 Å². The van der Waals surface area contributed by atoms with Gasteiger partial charge in [-0.1, -0.05) is 17.7 Å². The van der Waals surface area contributed by atoms with Crippen LogP contribution in [0.3, 0.4) is 0 Å². The Kier molecular flexibility index (Phi) is 9.76. The van der Waals surface area contributed by atoms with Gasteiger partial charge in [0.15, 0.2) is 24.1 Å². The van der Waals surface area contributed by atoms with E-state index in [1.54, 1.807) is 0 Å². The Labute approximate surface area is 228 Å². The predicted molar refractivity (Wildman–Crippen MR) is 132 cm³/mol. The topological polar surface area (TPSA) is 132 Å². The van der Waals surface area contributed by atoms with Crippen LogP contribution in [-0.4, -0.2) is 60.7 Å². The SMILES string of the molecule is CC(=O)OC[C@H]1O[C@@H](c2ccc(Cl)c(C(=O)c3ccc(F)cc3)c2)[C@H](OC(C)=O)[C@@H](OC(C)=O)[C@@H]1OC(C)=O. The van der Waals surface area contributed by atoms with Gasteiger partial charge in [0.1, 0.15) is 24.6 Å². The summed E-state index contributed by atoms with van der Waals surface area (Å²) in [5, 5.41) is 0.0821. The Morgan fingerprint density at radius 2 is 1.36 bits per heavy atom. The minimum absolute atomic E-state index is 0.0358. The van der Waals surface area contributed by atoms with E-state index >= 15 is 0 Å². The predicted octanol–water partition coefficient (Wildman–Crippen LogP) is 3.51. The molecule has 1 saturated heterocycles. The fraction of sp³-hybridized carbons (Fsp3) is 0.370. The number of ether oxygens (including phenoxy) is 5. The van der Waals surface area contributed by atoms with Crippen LogP contribution < -0.4 is 0 Å². The molecule has 0 radical (unpaired) electrons. The summed E-state index contributed by atoms with van der Waals surface area (Å²) in [4.78, 5) is 60.8. The molecule has 0 aliphatic carbocycles. The van der Waals surface area contributed by atoms with Crippen molar-refractivity contribution < 1.29 is 52.0 Å². The molecule has 12 heteroatoms. The molecule has 39 heavy (non-hydrogen) atoms. The lowest BCUT2D eigenvalue weighted by Crippen LogP contribution is -2.59. The number of esters is 4. The van der Waals surface area contributed by atoms with Crippen LogP contribution in [0.4, 0.5) is 4.39 Å². The Balaban J connectivity index is 2.11. The molecule has 5 atom stereocenters. The summed E-state index contributed by atoms with van der Waals surface area (Å²) in [6, 6.07) is 9.18. The molecule has 0 bridgehead atoms. The number of carbonyl (C=O) groups is 5. The van der Waals surface area contributed by atoms with Crippen molar-refractivity contribution in [1.29, 1.82) is 0 Å². The van der Waals surface area contributed by atoms with E-state index < -0.39 is 72.6 Å². The van der Waals surface area contributed by atoms with Crippen LogP contribution >= 0.6 is 11.6 Å². The normalized spacial score (nSPS) is 22.4. The maximum Gasteiger partial charge on any atom is 0.303 e. The van der Waals surface area contributed by atoms with Gasteiger partial charge < -0.3 is 23.7 Å². The molecule has 3 rings (SSSR count). The molecule has 1 heterocycles. The molecule has 0 N–H and O–H groups in total. The van der Waals surface area contributed by atoms with Crippen LogP contribution in [0, 0.1) is 5.82 Å². The largest absolute Gasteiger partial charge is 0.463 e. The first kappa shape index (κ1) is 29.7. The molecule has 0 unspecified atom stereocenters. The fourth-order valence-corrected chi connectivity index (χ4v) is 4.35. The standard InChI is InChI=1S/C27H26ClFO10/c1-13(30)35-12-22-25(36-14(2)31)27(38-16(4)33)26(37-15(3)32)24(39-22)18-7-10-21(28)20(11-18)23(34)17-5-8-19(29)9-6-17/h5-11,22,24-27H,12H2,1-4H3/t22-,24+,25-,26+,27+/m1/s1. The molecule has 1 aliphatic heterocycles. The Hall–Kier alpha value is -3.83. The Bertz CT molecular complexity index is 1260. The highest BCUT2D eigenvalue weighted by molar-refractivity contribution is 6.35. The van der Waals surface area contributed by atoms with Gasteiger partial charge in [0.2, 0.25) is 0 Å². The van der Waals surface area contributed by atoms with Crippen LogP contribution in [0.2, 0.25) is 5.02 Å². The Morgan fingerprint density at radius 3 is 1.92 bits per heavy atom. The molecule has 2 aromatic rings. The van der Waals surface area contributed by atoms with Crippen LogP contribution in [0.5, 0.6) is 0 Å². The highest BCUT2D eigenvalue weighted by atomic mass is 35.5. The zero-order valence-corrected chi connectivity index (χ0v) is 22.2. The zero-order valence-electron chi connectivity index (χ0n) is 21.5. The van der Waals surface area contributed by atoms with Crippen molar-refractivity contribution >= 4 is 41.3 Å². The minimum atomic E-state index is -1.37. The van der Waals surface area contributed by atoms with Crippen molar-refractivity contribution in [1.82, 2.24) is 0 Å². The van der Waals surface area contributed by atoms with Crippen molar-refractivity contribution in [3.05, 3.63) is 70.0 Å². The van der Waals surface area contributed by atoms with Crippen LogP contribution in [0.15, 0.2) is 42.5 Å². The summed E-state index contributed by atoms with van der Waals surface area (Å²) in [5.41, 5.74) is 0.480. The third kappa shape index (κ3) is 7.61. The van der Waals surface area contributed by atoms with E-state index in [1.807, 2.05) is 0 Å². The number of carbonyl (C=O) groups excluding carboxylic acids is 5. The monoisotopic (exact) mass is 564 g/mol. The average Bonchev–Trinajstić information content (AvgIpc) is 2.85. The number of rotatable bonds is 8. The maximum atomic E-state index is 13.4. The van der Waals surface area contributed by atoms with Gasteiger partial charge in [-0.05, 0) is 42.0 Å². The molecule has 0 amide bonds. The van der Waals surface area contributed by atoms with Crippen LogP contribution in [-0.2, 0) is 42.9 Å². The van der Waals surface area contributed by atoms with E-state index in [-0.39, 0.29) is 21.7 Å². The summed E-state index contributed by atoms with van der Waals surface area (Å²) >= 11 is 6.32. The summed E-state index contributed by atoms with van der Waals surface area (Å²) in [7, 11) is 0. The van der Waals surface area contributed by atoms with Gasteiger partial charge in [-0.15, -0.1) is 0 Å². The minimum Gasteiger partial charge on any atom is -0.463 e. The van der Waals surface area contributed by atoms with E-state index in [1.165, 1.54) is 37.3 Å². The summed E-state index contributed by atoms with van der Waals surface area (Å²) < 4.78 is 40.9. The number of hydrogen-bond acceptors (Lipinski definition) is 10. The van der Waals surface area contributed by atoms with Crippen molar-refractivity contribution in [2.45, 2.75) is 58.2 Å². The smallest absolute Gasteiger partial charge is 0.303 e. The molecule has 208 valence electrons.